The predicted molar refractivity (Wildman–Crippen MR) is 75.5 cm³/mol. The van der Waals surface area contributed by atoms with Crippen LogP contribution in [0.25, 0.3) is 0 Å². The second kappa shape index (κ2) is 5.85. The molecule has 3 heteroatoms. The summed E-state index contributed by atoms with van der Waals surface area (Å²) in [7, 11) is 0. The first-order valence-electron chi connectivity index (χ1n) is 6.34. The molecule has 100 valence electrons. The molecular weight excluding hydrogens is 241 g/mol. The van der Waals surface area contributed by atoms with Crippen molar-refractivity contribution in [2.24, 2.45) is 0 Å². The van der Waals surface area contributed by atoms with Crippen molar-refractivity contribution in [2.75, 3.05) is 5.32 Å². The van der Waals surface area contributed by atoms with E-state index in [0.717, 1.165) is 16.8 Å². The summed E-state index contributed by atoms with van der Waals surface area (Å²) in [4.78, 5) is 0. The SMILES string of the molecule is Cc1cc(CNc2ccccc2C(C)O)ccc1F. The van der Waals surface area contributed by atoms with Crippen LogP contribution in [-0.4, -0.2) is 5.11 Å². The molecule has 0 heterocycles. The topological polar surface area (TPSA) is 32.3 Å². The largest absolute Gasteiger partial charge is 0.389 e. The molecule has 0 aliphatic carbocycles. The van der Waals surface area contributed by atoms with Gasteiger partial charge in [0, 0.05) is 17.8 Å². The Bertz CT molecular complexity index is 566. The second-order valence-corrected chi connectivity index (χ2v) is 4.70. The van der Waals surface area contributed by atoms with Crippen molar-refractivity contribution >= 4 is 5.69 Å². The number of hydrogen-bond donors (Lipinski definition) is 2. The summed E-state index contributed by atoms with van der Waals surface area (Å²) in [6, 6.07) is 12.7. The summed E-state index contributed by atoms with van der Waals surface area (Å²) in [6.45, 7) is 4.09. The normalized spacial score (nSPS) is 12.2. The van der Waals surface area contributed by atoms with Crippen molar-refractivity contribution in [3.8, 4) is 0 Å². The second-order valence-electron chi connectivity index (χ2n) is 4.70. The van der Waals surface area contributed by atoms with Crippen molar-refractivity contribution in [1.82, 2.24) is 0 Å². The molecule has 2 nitrogen and oxygen atoms in total. The molecule has 2 aromatic carbocycles. The van der Waals surface area contributed by atoms with Gasteiger partial charge in [-0.1, -0.05) is 30.3 Å². The number of anilines is 1. The Morgan fingerprint density at radius 1 is 1.21 bits per heavy atom. The van der Waals surface area contributed by atoms with Gasteiger partial charge < -0.3 is 10.4 Å². The molecule has 2 N–H and O–H groups in total. The maximum atomic E-state index is 13.2. The number of hydrogen-bond acceptors (Lipinski definition) is 2. The third-order valence-corrected chi connectivity index (χ3v) is 3.12. The predicted octanol–water partition coefficient (Wildman–Crippen LogP) is 3.80. The van der Waals surface area contributed by atoms with Crippen molar-refractivity contribution in [2.45, 2.75) is 26.5 Å². The monoisotopic (exact) mass is 259 g/mol. The van der Waals surface area contributed by atoms with Gasteiger partial charge in [-0.2, -0.15) is 0 Å². The lowest BCUT2D eigenvalue weighted by Gasteiger charge is -2.14. The lowest BCUT2D eigenvalue weighted by Crippen LogP contribution is -2.04. The van der Waals surface area contributed by atoms with Crippen molar-refractivity contribution in [3.63, 3.8) is 0 Å². The minimum absolute atomic E-state index is 0.187. The molecule has 0 bridgehead atoms. The first-order valence-corrected chi connectivity index (χ1v) is 6.34. The Hall–Kier alpha value is -1.87. The van der Waals surface area contributed by atoms with E-state index in [-0.39, 0.29) is 5.82 Å². The summed E-state index contributed by atoms with van der Waals surface area (Å²) in [5.74, 6) is -0.187. The summed E-state index contributed by atoms with van der Waals surface area (Å²) in [5.41, 5.74) is 3.42. The van der Waals surface area contributed by atoms with Gasteiger partial charge in [0.2, 0.25) is 0 Å². The molecule has 19 heavy (non-hydrogen) atoms. The minimum Gasteiger partial charge on any atom is -0.389 e. The van der Waals surface area contributed by atoms with Crippen molar-refractivity contribution in [3.05, 3.63) is 65.0 Å². The Morgan fingerprint density at radius 2 is 1.95 bits per heavy atom. The molecule has 0 aromatic heterocycles. The highest BCUT2D eigenvalue weighted by atomic mass is 19.1. The van der Waals surface area contributed by atoms with E-state index in [9.17, 15) is 9.50 Å². The van der Waals surface area contributed by atoms with Crippen LogP contribution in [0.3, 0.4) is 0 Å². The number of aryl methyl sites for hydroxylation is 1. The van der Waals surface area contributed by atoms with E-state index in [1.807, 2.05) is 30.3 Å². The van der Waals surface area contributed by atoms with Crippen LogP contribution < -0.4 is 5.32 Å². The molecule has 0 spiro atoms. The van der Waals surface area contributed by atoms with E-state index in [1.165, 1.54) is 6.07 Å². The Labute approximate surface area is 112 Å². The van der Waals surface area contributed by atoms with E-state index in [1.54, 1.807) is 19.9 Å². The highest BCUT2D eigenvalue weighted by Crippen LogP contribution is 2.23. The smallest absolute Gasteiger partial charge is 0.126 e. The maximum absolute atomic E-state index is 13.2. The first kappa shape index (κ1) is 13.6. The van der Waals surface area contributed by atoms with Crippen LogP contribution in [0.5, 0.6) is 0 Å². The van der Waals surface area contributed by atoms with E-state index in [0.29, 0.717) is 12.1 Å². The van der Waals surface area contributed by atoms with E-state index in [4.69, 9.17) is 0 Å². The molecule has 0 amide bonds. The zero-order valence-electron chi connectivity index (χ0n) is 11.2. The van der Waals surface area contributed by atoms with Crippen LogP contribution in [0.1, 0.15) is 29.7 Å². The third-order valence-electron chi connectivity index (χ3n) is 3.12. The van der Waals surface area contributed by atoms with Gasteiger partial charge in [0.05, 0.1) is 6.10 Å². The highest BCUT2D eigenvalue weighted by Gasteiger charge is 2.06. The van der Waals surface area contributed by atoms with Crippen LogP contribution in [0.4, 0.5) is 10.1 Å². The average Bonchev–Trinajstić information content (AvgIpc) is 2.40. The molecule has 0 aliphatic heterocycles. The lowest BCUT2D eigenvalue weighted by atomic mass is 10.1. The fourth-order valence-corrected chi connectivity index (χ4v) is 2.04. The molecule has 2 aromatic rings. The van der Waals surface area contributed by atoms with Crippen molar-refractivity contribution in [1.29, 1.82) is 0 Å². The number of halogens is 1. The van der Waals surface area contributed by atoms with E-state index < -0.39 is 6.10 Å². The molecule has 0 radical (unpaired) electrons. The zero-order chi connectivity index (χ0) is 13.8. The van der Waals surface area contributed by atoms with Crippen LogP contribution in [0.15, 0.2) is 42.5 Å². The Morgan fingerprint density at radius 3 is 2.63 bits per heavy atom. The van der Waals surface area contributed by atoms with Gasteiger partial charge >= 0.3 is 0 Å². The Kier molecular flexibility index (Phi) is 4.17. The molecule has 0 saturated heterocycles. The van der Waals surface area contributed by atoms with Crippen LogP contribution in [0, 0.1) is 12.7 Å². The van der Waals surface area contributed by atoms with E-state index in [2.05, 4.69) is 5.32 Å². The number of para-hydroxylation sites is 1. The van der Waals surface area contributed by atoms with Gasteiger partial charge in [0.25, 0.3) is 0 Å². The lowest BCUT2D eigenvalue weighted by molar-refractivity contribution is 0.200. The molecule has 0 aliphatic rings. The fraction of sp³-hybridized carbons (Fsp3) is 0.250. The third kappa shape index (κ3) is 3.32. The van der Waals surface area contributed by atoms with Gasteiger partial charge in [-0.15, -0.1) is 0 Å². The van der Waals surface area contributed by atoms with E-state index >= 15 is 0 Å². The maximum Gasteiger partial charge on any atom is 0.126 e. The van der Waals surface area contributed by atoms with Gasteiger partial charge in [-0.25, -0.2) is 4.39 Å². The number of aliphatic hydroxyl groups excluding tert-OH is 1. The molecule has 0 fully saturated rings. The van der Waals surface area contributed by atoms with Crippen LogP contribution >= 0.6 is 0 Å². The van der Waals surface area contributed by atoms with Gasteiger partial charge in [-0.05, 0) is 37.1 Å². The summed E-state index contributed by atoms with van der Waals surface area (Å²) in [5, 5.41) is 13.0. The number of nitrogens with one attached hydrogen (secondary N) is 1. The summed E-state index contributed by atoms with van der Waals surface area (Å²) >= 11 is 0. The molecule has 0 saturated carbocycles. The molecule has 1 atom stereocenters. The number of benzene rings is 2. The molecule has 1 unspecified atom stereocenters. The van der Waals surface area contributed by atoms with Gasteiger partial charge in [-0.3, -0.25) is 0 Å². The fourth-order valence-electron chi connectivity index (χ4n) is 2.04. The number of rotatable bonds is 4. The average molecular weight is 259 g/mol. The standard InChI is InChI=1S/C16H18FNO/c1-11-9-13(7-8-15(11)17)10-18-16-6-4-3-5-14(16)12(2)19/h3-9,12,18-19H,10H2,1-2H3. The highest BCUT2D eigenvalue weighted by molar-refractivity contribution is 5.52. The zero-order valence-corrected chi connectivity index (χ0v) is 11.2. The molecule has 2 rings (SSSR count). The van der Waals surface area contributed by atoms with Crippen LogP contribution in [-0.2, 0) is 6.54 Å². The quantitative estimate of drug-likeness (QED) is 0.875. The van der Waals surface area contributed by atoms with Crippen LogP contribution in [0.2, 0.25) is 0 Å². The van der Waals surface area contributed by atoms with Gasteiger partial charge in [0.1, 0.15) is 5.82 Å². The molecular formula is C16H18FNO. The first-order chi connectivity index (χ1) is 9.08. The minimum atomic E-state index is -0.515. The van der Waals surface area contributed by atoms with Crippen molar-refractivity contribution < 1.29 is 9.50 Å². The summed E-state index contributed by atoms with van der Waals surface area (Å²) < 4.78 is 13.2. The number of aliphatic hydroxyl groups is 1. The van der Waals surface area contributed by atoms with Gasteiger partial charge in [0.15, 0.2) is 0 Å². The Balaban J connectivity index is 2.12. The summed E-state index contributed by atoms with van der Waals surface area (Å²) in [6.07, 6.45) is -0.515.